The maximum atomic E-state index is 13.7. The molecule has 12 heteroatoms. The molecule has 1 saturated heterocycles. The second-order valence-electron chi connectivity index (χ2n) is 11.2. The quantitative estimate of drug-likeness (QED) is 0.327. The van der Waals surface area contributed by atoms with E-state index in [1.54, 1.807) is 48.5 Å². The van der Waals surface area contributed by atoms with Gasteiger partial charge in [-0.1, -0.05) is 66.7 Å². The molecule has 1 aliphatic heterocycles. The average molecular weight is 639 g/mol. The Bertz CT molecular complexity index is 1310. The number of carbonyl (C=O) groups excluding carboxylic acids is 2. The van der Waals surface area contributed by atoms with E-state index in [0.29, 0.717) is 49.2 Å². The Balaban J connectivity index is 1.40. The molecule has 1 atom stereocenters. The standard InChI is InChI=1S/C30H41Cl2N5O4S/c31-24-10-9-23(26(32)22-24)21-27(35-28(38)11-15-33)29(39)36-17-19-37(20-18-36)30(12-5-2-6-13-30)14-16-34-42(40,41)25-7-3-1-4-8-25/h1,3-4,7-10,22,27,34H,2,5-6,11-21,33H2,(H,35,38). The van der Waals surface area contributed by atoms with Crippen LogP contribution in [0, 0.1) is 0 Å². The van der Waals surface area contributed by atoms with Crippen LogP contribution in [0.3, 0.4) is 0 Å². The summed E-state index contributed by atoms with van der Waals surface area (Å²) in [4.78, 5) is 30.7. The highest BCUT2D eigenvalue weighted by Gasteiger charge is 2.40. The zero-order valence-electron chi connectivity index (χ0n) is 23.9. The molecule has 1 aliphatic carbocycles. The topological polar surface area (TPSA) is 125 Å². The summed E-state index contributed by atoms with van der Waals surface area (Å²) in [5, 5.41) is 3.81. The second kappa shape index (κ2) is 15.0. The van der Waals surface area contributed by atoms with Crippen LogP contribution in [-0.4, -0.2) is 80.9 Å². The van der Waals surface area contributed by atoms with Gasteiger partial charge >= 0.3 is 0 Å². The lowest BCUT2D eigenvalue weighted by Gasteiger charge is -2.50. The molecule has 9 nitrogen and oxygen atoms in total. The van der Waals surface area contributed by atoms with Crippen molar-refractivity contribution in [2.45, 2.75) is 67.8 Å². The third-order valence-electron chi connectivity index (χ3n) is 8.43. The van der Waals surface area contributed by atoms with Crippen LogP contribution in [-0.2, 0) is 26.0 Å². The molecule has 0 bridgehead atoms. The first-order chi connectivity index (χ1) is 20.1. The summed E-state index contributed by atoms with van der Waals surface area (Å²) in [5.41, 5.74) is 6.18. The van der Waals surface area contributed by atoms with Crippen LogP contribution in [0.15, 0.2) is 53.4 Å². The van der Waals surface area contributed by atoms with Crippen LogP contribution in [0.2, 0.25) is 10.0 Å². The first-order valence-corrected chi connectivity index (χ1v) is 16.9. The first-order valence-electron chi connectivity index (χ1n) is 14.7. The number of rotatable bonds is 12. The Labute approximate surface area is 259 Å². The molecule has 2 amide bonds. The van der Waals surface area contributed by atoms with Crippen molar-refractivity contribution in [3.63, 3.8) is 0 Å². The molecule has 0 spiro atoms. The van der Waals surface area contributed by atoms with Gasteiger partial charge in [-0.2, -0.15) is 0 Å². The van der Waals surface area contributed by atoms with Gasteiger partial charge in [-0.25, -0.2) is 13.1 Å². The molecular weight excluding hydrogens is 597 g/mol. The Morgan fingerprint density at radius 1 is 0.976 bits per heavy atom. The SMILES string of the molecule is NCCC(=O)NC(Cc1ccc(Cl)cc1Cl)C(=O)N1CCN(C2(CCNS(=O)(=O)c3ccccc3)CCCCC2)CC1. The number of hydrogen-bond donors (Lipinski definition) is 3. The van der Waals surface area contributed by atoms with Crippen molar-refractivity contribution in [2.75, 3.05) is 39.3 Å². The highest BCUT2D eigenvalue weighted by Crippen LogP contribution is 2.37. The van der Waals surface area contributed by atoms with Crippen molar-refractivity contribution in [1.82, 2.24) is 19.8 Å². The minimum Gasteiger partial charge on any atom is -0.344 e. The van der Waals surface area contributed by atoms with E-state index in [1.807, 2.05) is 4.90 Å². The highest BCUT2D eigenvalue weighted by atomic mass is 35.5. The summed E-state index contributed by atoms with van der Waals surface area (Å²) < 4.78 is 28.4. The Morgan fingerprint density at radius 2 is 1.67 bits per heavy atom. The van der Waals surface area contributed by atoms with Gasteiger partial charge in [-0.15, -0.1) is 0 Å². The molecule has 4 rings (SSSR count). The Kier molecular flexibility index (Phi) is 11.7. The van der Waals surface area contributed by atoms with Gasteiger partial charge in [0, 0.05) is 67.7 Å². The predicted octanol–water partition coefficient (Wildman–Crippen LogP) is 3.59. The van der Waals surface area contributed by atoms with E-state index < -0.39 is 16.1 Å². The van der Waals surface area contributed by atoms with Crippen molar-refractivity contribution in [3.05, 3.63) is 64.1 Å². The van der Waals surface area contributed by atoms with E-state index in [9.17, 15) is 18.0 Å². The molecule has 1 heterocycles. The van der Waals surface area contributed by atoms with E-state index in [4.69, 9.17) is 28.9 Å². The molecule has 2 aromatic carbocycles. The number of nitrogens with zero attached hydrogens (tertiary/aromatic N) is 2. The largest absolute Gasteiger partial charge is 0.344 e. The molecule has 230 valence electrons. The van der Waals surface area contributed by atoms with Gasteiger partial charge in [-0.3, -0.25) is 14.5 Å². The number of hydrogen-bond acceptors (Lipinski definition) is 6. The third kappa shape index (κ3) is 8.45. The lowest BCUT2D eigenvalue weighted by Crippen LogP contribution is -2.61. The minimum atomic E-state index is -3.57. The number of sulfonamides is 1. The molecule has 1 unspecified atom stereocenters. The average Bonchev–Trinajstić information content (AvgIpc) is 2.99. The van der Waals surface area contributed by atoms with Crippen molar-refractivity contribution in [3.8, 4) is 0 Å². The van der Waals surface area contributed by atoms with Crippen LogP contribution in [0.1, 0.15) is 50.5 Å². The van der Waals surface area contributed by atoms with Crippen LogP contribution in [0.5, 0.6) is 0 Å². The fourth-order valence-corrected chi connectivity index (χ4v) is 7.70. The number of carbonyl (C=O) groups is 2. The van der Waals surface area contributed by atoms with E-state index >= 15 is 0 Å². The molecule has 0 aromatic heterocycles. The van der Waals surface area contributed by atoms with Gasteiger partial charge in [0.25, 0.3) is 0 Å². The smallest absolute Gasteiger partial charge is 0.245 e. The number of halogens is 2. The van der Waals surface area contributed by atoms with Gasteiger partial charge in [0.2, 0.25) is 21.8 Å². The maximum absolute atomic E-state index is 13.7. The number of nitrogens with two attached hydrogens (primary N) is 1. The molecule has 42 heavy (non-hydrogen) atoms. The van der Waals surface area contributed by atoms with Gasteiger partial charge in [0.1, 0.15) is 6.04 Å². The molecule has 1 saturated carbocycles. The lowest BCUT2D eigenvalue weighted by molar-refractivity contribution is -0.139. The summed E-state index contributed by atoms with van der Waals surface area (Å²) >= 11 is 12.4. The van der Waals surface area contributed by atoms with Crippen molar-refractivity contribution in [2.24, 2.45) is 5.73 Å². The summed E-state index contributed by atoms with van der Waals surface area (Å²) in [6.07, 6.45) is 6.46. The maximum Gasteiger partial charge on any atom is 0.245 e. The Morgan fingerprint density at radius 3 is 2.31 bits per heavy atom. The van der Waals surface area contributed by atoms with Crippen LogP contribution in [0.4, 0.5) is 0 Å². The Hall–Kier alpha value is -2.21. The predicted molar refractivity (Wildman–Crippen MR) is 166 cm³/mol. The molecule has 2 aliphatic rings. The number of nitrogens with one attached hydrogen (secondary N) is 2. The number of amides is 2. The minimum absolute atomic E-state index is 0.113. The molecule has 2 fully saturated rings. The summed E-state index contributed by atoms with van der Waals surface area (Å²) in [6, 6.07) is 12.8. The normalized spacial score (nSPS) is 18.4. The molecule has 2 aromatic rings. The lowest BCUT2D eigenvalue weighted by atomic mass is 9.77. The second-order valence-corrected chi connectivity index (χ2v) is 13.8. The molecular formula is C30H41Cl2N5O4S. The monoisotopic (exact) mass is 637 g/mol. The van der Waals surface area contributed by atoms with E-state index in [1.165, 1.54) is 6.42 Å². The fourth-order valence-electron chi connectivity index (χ4n) is 6.16. The zero-order chi connectivity index (χ0) is 30.2. The van der Waals surface area contributed by atoms with E-state index in [-0.39, 0.29) is 41.6 Å². The third-order valence-corrected chi connectivity index (χ3v) is 10.5. The fraction of sp³-hybridized carbons (Fsp3) is 0.533. The summed E-state index contributed by atoms with van der Waals surface area (Å²) in [6.45, 7) is 2.96. The van der Waals surface area contributed by atoms with Crippen LogP contribution < -0.4 is 15.8 Å². The number of piperazine rings is 1. The van der Waals surface area contributed by atoms with Crippen LogP contribution in [0.25, 0.3) is 0 Å². The summed E-state index contributed by atoms with van der Waals surface area (Å²) in [7, 11) is -3.57. The van der Waals surface area contributed by atoms with Crippen molar-refractivity contribution in [1.29, 1.82) is 0 Å². The van der Waals surface area contributed by atoms with E-state index in [2.05, 4.69) is 14.9 Å². The van der Waals surface area contributed by atoms with Gasteiger partial charge in [0.15, 0.2) is 0 Å². The van der Waals surface area contributed by atoms with Gasteiger partial charge in [0.05, 0.1) is 4.90 Å². The van der Waals surface area contributed by atoms with Gasteiger partial charge in [-0.05, 0) is 49.1 Å². The van der Waals surface area contributed by atoms with Crippen molar-refractivity contribution >= 4 is 45.0 Å². The summed E-state index contributed by atoms with van der Waals surface area (Å²) in [5.74, 6) is -0.432. The zero-order valence-corrected chi connectivity index (χ0v) is 26.2. The van der Waals surface area contributed by atoms with Crippen LogP contribution >= 0.6 is 23.2 Å². The number of benzene rings is 2. The molecule has 0 radical (unpaired) electrons. The van der Waals surface area contributed by atoms with Gasteiger partial charge < -0.3 is 16.0 Å². The van der Waals surface area contributed by atoms with E-state index in [0.717, 1.165) is 31.2 Å². The highest BCUT2D eigenvalue weighted by molar-refractivity contribution is 7.89. The van der Waals surface area contributed by atoms with Crippen molar-refractivity contribution < 1.29 is 18.0 Å². The molecule has 4 N–H and O–H groups in total. The first kappa shape index (κ1) is 32.7.